The molecule has 2 aromatic carbocycles. The molecule has 0 saturated heterocycles. The molecule has 7 heteroatoms. The summed E-state index contributed by atoms with van der Waals surface area (Å²) in [6, 6.07) is 18.5. The van der Waals surface area contributed by atoms with Crippen molar-refractivity contribution in [2.24, 2.45) is 11.3 Å². The average molecular weight is 561 g/mol. The van der Waals surface area contributed by atoms with Crippen molar-refractivity contribution in [2.45, 2.75) is 70.2 Å². The molecular formula is C31H41ClO5S. The molecule has 0 spiro atoms. The normalized spacial score (nSPS) is 23.5. The van der Waals surface area contributed by atoms with Crippen LogP contribution in [0.3, 0.4) is 0 Å². The van der Waals surface area contributed by atoms with E-state index in [4.69, 9.17) is 21.1 Å². The average Bonchev–Trinajstić information content (AvgIpc) is 3.19. The second kappa shape index (κ2) is 14.4. The van der Waals surface area contributed by atoms with Gasteiger partial charge in [0.1, 0.15) is 6.79 Å². The number of sulfone groups is 1. The number of aliphatic hydroxyl groups excluding tert-OH is 1. The summed E-state index contributed by atoms with van der Waals surface area (Å²) in [5.74, 6) is 0.0543. The van der Waals surface area contributed by atoms with Gasteiger partial charge in [-0.3, -0.25) is 0 Å². The summed E-state index contributed by atoms with van der Waals surface area (Å²) in [6.07, 6.45) is 6.16. The highest BCUT2D eigenvalue weighted by atomic mass is 35.5. The molecule has 3 rings (SSSR count). The summed E-state index contributed by atoms with van der Waals surface area (Å²) in [4.78, 5) is 0.309. The van der Waals surface area contributed by atoms with Gasteiger partial charge >= 0.3 is 0 Å². The van der Waals surface area contributed by atoms with Crippen LogP contribution in [0.2, 0.25) is 0 Å². The van der Waals surface area contributed by atoms with Crippen LogP contribution < -0.4 is 0 Å². The molecule has 2 aromatic rings. The summed E-state index contributed by atoms with van der Waals surface area (Å²) < 4.78 is 37.9. The topological polar surface area (TPSA) is 72.8 Å². The molecule has 0 bridgehead atoms. The lowest BCUT2D eigenvalue weighted by Crippen LogP contribution is -2.34. The van der Waals surface area contributed by atoms with Crippen molar-refractivity contribution in [3.8, 4) is 0 Å². The zero-order valence-electron chi connectivity index (χ0n) is 22.7. The Morgan fingerprint density at radius 2 is 1.76 bits per heavy atom. The Bertz CT molecular complexity index is 1160. The summed E-state index contributed by atoms with van der Waals surface area (Å²) in [7, 11) is -3.49. The molecule has 1 N–H and O–H groups in total. The number of benzene rings is 2. The van der Waals surface area contributed by atoms with E-state index in [9.17, 15) is 13.5 Å². The minimum atomic E-state index is -3.49. The smallest absolute Gasteiger partial charge is 0.178 e. The first-order chi connectivity index (χ1) is 18.1. The molecule has 0 heterocycles. The summed E-state index contributed by atoms with van der Waals surface area (Å²) in [5, 5.41) is 10.7. The van der Waals surface area contributed by atoms with Gasteiger partial charge in [0.25, 0.3) is 0 Å². The molecule has 1 fully saturated rings. The van der Waals surface area contributed by atoms with Gasteiger partial charge in [0, 0.05) is 11.8 Å². The zero-order valence-corrected chi connectivity index (χ0v) is 24.3. The minimum absolute atomic E-state index is 0.0519. The standard InChI is InChI=1S/C31H41ClO5S/c1-24(18-27(19-25(2)20-32)37-23-36-21-26-10-6-4-7-11-26)14-16-31(3)17-15-30(33)29(31)22-38(34,35)28-12-8-5-9-13-28/h4-14,19,27,29-30,33H,15-18,20-23H2,1-3H3/b24-14+,25-19+/t27?,29-,30+,31-/m0/s1. The Hall–Kier alpha value is -1.96. The van der Waals surface area contributed by atoms with Gasteiger partial charge in [-0.1, -0.05) is 78.8 Å². The van der Waals surface area contributed by atoms with Crippen molar-refractivity contribution in [2.75, 3.05) is 18.4 Å². The molecular weight excluding hydrogens is 520 g/mol. The molecule has 1 aliphatic rings. The van der Waals surface area contributed by atoms with Crippen LogP contribution in [-0.4, -0.2) is 44.2 Å². The van der Waals surface area contributed by atoms with Crippen LogP contribution in [-0.2, 0) is 25.9 Å². The van der Waals surface area contributed by atoms with Gasteiger partial charge in [-0.05, 0) is 62.6 Å². The maximum Gasteiger partial charge on any atom is 0.178 e. The Morgan fingerprint density at radius 3 is 2.42 bits per heavy atom. The first kappa shape index (κ1) is 30.6. The summed E-state index contributed by atoms with van der Waals surface area (Å²) in [6.45, 7) is 6.79. The van der Waals surface area contributed by atoms with E-state index in [2.05, 4.69) is 19.9 Å². The number of aliphatic hydroxyl groups is 1. The van der Waals surface area contributed by atoms with Crippen LogP contribution in [0.1, 0.15) is 52.0 Å². The van der Waals surface area contributed by atoms with Gasteiger partial charge in [0.2, 0.25) is 0 Å². The second-order valence-electron chi connectivity index (χ2n) is 10.7. The van der Waals surface area contributed by atoms with Crippen LogP contribution in [0.25, 0.3) is 0 Å². The van der Waals surface area contributed by atoms with E-state index in [1.54, 1.807) is 30.3 Å². The van der Waals surface area contributed by atoms with E-state index in [0.717, 1.165) is 23.1 Å². The molecule has 4 atom stereocenters. The van der Waals surface area contributed by atoms with E-state index >= 15 is 0 Å². The minimum Gasteiger partial charge on any atom is -0.393 e. The van der Waals surface area contributed by atoms with E-state index in [1.807, 2.05) is 43.3 Å². The van der Waals surface area contributed by atoms with Crippen LogP contribution in [0, 0.1) is 11.3 Å². The highest BCUT2D eigenvalue weighted by molar-refractivity contribution is 7.91. The van der Waals surface area contributed by atoms with Crippen molar-refractivity contribution in [3.05, 3.63) is 89.5 Å². The fraction of sp³-hybridized carbons (Fsp3) is 0.484. The monoisotopic (exact) mass is 560 g/mol. The van der Waals surface area contributed by atoms with Gasteiger partial charge in [-0.15, -0.1) is 11.6 Å². The number of hydrogen-bond acceptors (Lipinski definition) is 5. The number of ether oxygens (including phenoxy) is 2. The number of rotatable bonds is 14. The van der Waals surface area contributed by atoms with Crippen molar-refractivity contribution in [1.29, 1.82) is 0 Å². The summed E-state index contributed by atoms with van der Waals surface area (Å²) in [5.41, 5.74) is 2.96. The predicted octanol–water partition coefficient (Wildman–Crippen LogP) is 6.71. The highest BCUT2D eigenvalue weighted by Crippen LogP contribution is 2.47. The molecule has 208 valence electrons. The van der Waals surface area contributed by atoms with E-state index in [1.165, 1.54) is 0 Å². The maximum atomic E-state index is 13.1. The van der Waals surface area contributed by atoms with Crippen molar-refractivity contribution < 1.29 is 23.0 Å². The van der Waals surface area contributed by atoms with Crippen LogP contribution >= 0.6 is 11.6 Å². The lowest BCUT2D eigenvalue weighted by molar-refractivity contribution is -0.0820. The Balaban J connectivity index is 1.62. The molecule has 0 amide bonds. The third-order valence-electron chi connectivity index (χ3n) is 7.47. The molecule has 1 saturated carbocycles. The van der Waals surface area contributed by atoms with Crippen LogP contribution in [0.15, 0.2) is 88.9 Å². The van der Waals surface area contributed by atoms with Gasteiger partial charge in [0.15, 0.2) is 9.84 Å². The third kappa shape index (κ3) is 9.06. The Morgan fingerprint density at radius 1 is 1.11 bits per heavy atom. The SMILES string of the molecule is C/C(=C\C(C/C(C)=C/C[C@@]1(C)CC[C@@H](O)[C@@H]1CS(=O)(=O)c1ccccc1)OCOCc1ccccc1)CCl. The van der Waals surface area contributed by atoms with Crippen molar-refractivity contribution in [3.63, 3.8) is 0 Å². The number of alkyl halides is 1. The van der Waals surface area contributed by atoms with E-state index < -0.39 is 15.9 Å². The molecule has 0 aromatic heterocycles. The highest BCUT2D eigenvalue weighted by Gasteiger charge is 2.46. The van der Waals surface area contributed by atoms with Crippen molar-refractivity contribution in [1.82, 2.24) is 0 Å². The van der Waals surface area contributed by atoms with Gasteiger partial charge < -0.3 is 14.6 Å². The first-order valence-corrected chi connectivity index (χ1v) is 15.4. The lowest BCUT2D eigenvalue weighted by atomic mass is 9.77. The van der Waals surface area contributed by atoms with Gasteiger partial charge in [-0.25, -0.2) is 8.42 Å². The maximum absolute atomic E-state index is 13.1. The quantitative estimate of drug-likeness (QED) is 0.120. The fourth-order valence-corrected chi connectivity index (χ4v) is 7.01. The molecule has 0 aliphatic heterocycles. The molecule has 1 aliphatic carbocycles. The van der Waals surface area contributed by atoms with Gasteiger partial charge in [-0.2, -0.15) is 0 Å². The second-order valence-corrected chi connectivity index (χ2v) is 13.0. The number of halogens is 1. The first-order valence-electron chi connectivity index (χ1n) is 13.2. The third-order valence-corrected chi connectivity index (χ3v) is 9.68. The van der Waals surface area contributed by atoms with E-state index in [-0.39, 0.29) is 30.0 Å². The molecule has 1 unspecified atom stereocenters. The van der Waals surface area contributed by atoms with Crippen LogP contribution in [0.5, 0.6) is 0 Å². The number of allylic oxidation sites excluding steroid dienone is 2. The van der Waals surface area contributed by atoms with E-state index in [0.29, 0.717) is 36.6 Å². The summed E-state index contributed by atoms with van der Waals surface area (Å²) >= 11 is 6.02. The van der Waals surface area contributed by atoms with Crippen LogP contribution in [0.4, 0.5) is 0 Å². The molecule has 38 heavy (non-hydrogen) atoms. The number of hydrogen-bond donors (Lipinski definition) is 1. The fourth-order valence-electron chi connectivity index (χ4n) is 5.06. The largest absolute Gasteiger partial charge is 0.393 e. The van der Waals surface area contributed by atoms with Crippen molar-refractivity contribution >= 4 is 21.4 Å². The Labute approximate surface area is 233 Å². The van der Waals surface area contributed by atoms with Gasteiger partial charge in [0.05, 0.1) is 29.5 Å². The lowest BCUT2D eigenvalue weighted by Gasteiger charge is -2.32. The Kier molecular flexibility index (Phi) is 11.6. The zero-order chi connectivity index (χ0) is 27.6. The molecule has 5 nitrogen and oxygen atoms in total. The molecule has 0 radical (unpaired) electrons. The predicted molar refractivity (Wildman–Crippen MR) is 154 cm³/mol.